The van der Waals surface area contributed by atoms with Crippen molar-refractivity contribution in [1.29, 1.82) is 0 Å². The molecule has 0 aliphatic heterocycles. The lowest BCUT2D eigenvalue weighted by Crippen LogP contribution is -2.48. The molecule has 2 atom stereocenters. The van der Waals surface area contributed by atoms with Gasteiger partial charge >= 0.3 is 11.8 Å². The van der Waals surface area contributed by atoms with Crippen LogP contribution < -0.4 is 16.4 Å². The van der Waals surface area contributed by atoms with Crippen LogP contribution in [-0.4, -0.2) is 42.6 Å². The molecule has 0 aromatic carbocycles. The Hall–Kier alpha value is -1.21. The monoisotopic (exact) mass is 259 g/mol. The van der Waals surface area contributed by atoms with E-state index >= 15 is 0 Å². The minimum Gasteiger partial charge on any atom is -0.392 e. The van der Waals surface area contributed by atoms with E-state index in [1.54, 1.807) is 7.11 Å². The molecule has 1 saturated carbocycles. The molecule has 96 valence electrons. The van der Waals surface area contributed by atoms with Crippen molar-refractivity contribution in [1.82, 2.24) is 10.6 Å². The van der Waals surface area contributed by atoms with E-state index < -0.39 is 11.8 Å². The zero-order chi connectivity index (χ0) is 12.8. The molecule has 0 saturated heterocycles. The van der Waals surface area contributed by atoms with Crippen LogP contribution in [0.2, 0.25) is 0 Å². The molecule has 1 aliphatic rings. The van der Waals surface area contributed by atoms with E-state index in [1.165, 1.54) is 0 Å². The SMILES string of the molecule is COC1CCCC1NC(=O)C(=O)NCC(N)=S. The minimum absolute atomic E-state index is 0.0117. The molecule has 0 radical (unpaired) electrons. The second-order valence-electron chi connectivity index (χ2n) is 3.93. The molecular weight excluding hydrogens is 242 g/mol. The van der Waals surface area contributed by atoms with Gasteiger partial charge in [0.25, 0.3) is 0 Å². The number of carbonyl (C=O) groups is 2. The van der Waals surface area contributed by atoms with E-state index in [9.17, 15) is 9.59 Å². The quantitative estimate of drug-likeness (QED) is 0.448. The van der Waals surface area contributed by atoms with Crippen molar-refractivity contribution in [3.8, 4) is 0 Å². The Morgan fingerprint density at radius 3 is 2.71 bits per heavy atom. The molecule has 17 heavy (non-hydrogen) atoms. The summed E-state index contributed by atoms with van der Waals surface area (Å²) in [6.07, 6.45) is 2.70. The molecule has 1 rings (SSSR count). The summed E-state index contributed by atoms with van der Waals surface area (Å²) in [4.78, 5) is 23.0. The van der Waals surface area contributed by atoms with Crippen LogP contribution in [0.5, 0.6) is 0 Å². The lowest BCUT2D eigenvalue weighted by atomic mass is 10.2. The highest BCUT2D eigenvalue weighted by Crippen LogP contribution is 2.21. The second-order valence-corrected chi connectivity index (χ2v) is 4.46. The standard InChI is InChI=1S/C10H17N3O3S/c1-16-7-4-2-3-6(7)13-10(15)9(14)12-5-8(11)17/h6-7H,2-5H2,1H3,(H2,11,17)(H,12,14)(H,13,15). The van der Waals surface area contributed by atoms with E-state index in [0.717, 1.165) is 19.3 Å². The lowest BCUT2D eigenvalue weighted by molar-refractivity contribution is -0.139. The number of amides is 2. The maximum Gasteiger partial charge on any atom is 0.309 e. The van der Waals surface area contributed by atoms with Gasteiger partial charge in [-0.3, -0.25) is 9.59 Å². The van der Waals surface area contributed by atoms with Crippen LogP contribution in [0.15, 0.2) is 0 Å². The van der Waals surface area contributed by atoms with Crippen molar-refractivity contribution in [2.75, 3.05) is 13.7 Å². The summed E-state index contributed by atoms with van der Waals surface area (Å²) in [6, 6.07) is -0.0944. The van der Waals surface area contributed by atoms with E-state index in [-0.39, 0.29) is 23.7 Å². The molecule has 0 aromatic heterocycles. The highest BCUT2D eigenvalue weighted by Gasteiger charge is 2.29. The first-order valence-electron chi connectivity index (χ1n) is 5.44. The molecule has 2 amide bonds. The van der Waals surface area contributed by atoms with Crippen LogP contribution in [0.25, 0.3) is 0 Å². The number of methoxy groups -OCH3 is 1. The summed E-state index contributed by atoms with van der Waals surface area (Å²) < 4.78 is 5.22. The van der Waals surface area contributed by atoms with E-state index in [1.807, 2.05) is 0 Å². The van der Waals surface area contributed by atoms with Crippen LogP contribution in [-0.2, 0) is 14.3 Å². The third kappa shape index (κ3) is 4.27. The molecule has 6 nitrogen and oxygen atoms in total. The Morgan fingerprint density at radius 1 is 1.41 bits per heavy atom. The number of ether oxygens (including phenoxy) is 1. The molecule has 0 heterocycles. The topological polar surface area (TPSA) is 93.4 Å². The lowest BCUT2D eigenvalue weighted by Gasteiger charge is -2.19. The summed E-state index contributed by atoms with van der Waals surface area (Å²) in [5, 5.41) is 4.97. The fraction of sp³-hybridized carbons (Fsp3) is 0.700. The van der Waals surface area contributed by atoms with Crippen LogP contribution >= 0.6 is 12.2 Å². The number of carbonyl (C=O) groups excluding carboxylic acids is 2. The molecule has 7 heteroatoms. The average molecular weight is 259 g/mol. The maximum absolute atomic E-state index is 11.5. The first-order valence-corrected chi connectivity index (χ1v) is 5.85. The number of thiocarbonyl (C=S) groups is 1. The van der Waals surface area contributed by atoms with E-state index in [2.05, 4.69) is 22.9 Å². The van der Waals surface area contributed by atoms with Gasteiger partial charge in [-0.15, -0.1) is 0 Å². The predicted molar refractivity (Wildman–Crippen MR) is 66.4 cm³/mol. The molecular formula is C10H17N3O3S. The summed E-state index contributed by atoms with van der Waals surface area (Å²) in [6.45, 7) is 0.0277. The molecule has 0 bridgehead atoms. The maximum atomic E-state index is 11.5. The predicted octanol–water partition coefficient (Wildman–Crippen LogP) is -0.928. The van der Waals surface area contributed by atoms with Crippen LogP contribution in [0, 0.1) is 0 Å². The second kappa shape index (κ2) is 6.51. The number of hydrogen-bond donors (Lipinski definition) is 3. The van der Waals surface area contributed by atoms with Gasteiger partial charge in [0.15, 0.2) is 0 Å². The van der Waals surface area contributed by atoms with Crippen molar-refractivity contribution < 1.29 is 14.3 Å². The van der Waals surface area contributed by atoms with Gasteiger partial charge in [0.1, 0.15) is 0 Å². The molecule has 0 spiro atoms. The van der Waals surface area contributed by atoms with Gasteiger partial charge < -0.3 is 21.1 Å². The Bertz CT molecular complexity index is 322. The van der Waals surface area contributed by atoms with Crippen molar-refractivity contribution in [3.63, 3.8) is 0 Å². The van der Waals surface area contributed by atoms with Crippen molar-refractivity contribution in [2.45, 2.75) is 31.4 Å². The van der Waals surface area contributed by atoms with Gasteiger partial charge in [-0.2, -0.15) is 0 Å². The Morgan fingerprint density at radius 2 is 2.12 bits per heavy atom. The molecule has 4 N–H and O–H groups in total. The molecule has 2 unspecified atom stereocenters. The van der Waals surface area contributed by atoms with Crippen LogP contribution in [0.1, 0.15) is 19.3 Å². The van der Waals surface area contributed by atoms with Gasteiger partial charge in [-0.1, -0.05) is 12.2 Å². The van der Waals surface area contributed by atoms with Gasteiger partial charge in [0.2, 0.25) is 0 Å². The molecule has 0 aromatic rings. The van der Waals surface area contributed by atoms with Crippen LogP contribution in [0.3, 0.4) is 0 Å². The summed E-state index contributed by atoms with van der Waals surface area (Å²) in [7, 11) is 1.60. The summed E-state index contributed by atoms with van der Waals surface area (Å²) in [5.74, 6) is -1.39. The van der Waals surface area contributed by atoms with Crippen molar-refractivity contribution >= 4 is 29.0 Å². The summed E-state index contributed by atoms with van der Waals surface area (Å²) in [5.41, 5.74) is 5.21. The average Bonchev–Trinajstić information content (AvgIpc) is 2.72. The number of hydrogen-bond acceptors (Lipinski definition) is 4. The zero-order valence-electron chi connectivity index (χ0n) is 9.69. The third-order valence-electron chi connectivity index (χ3n) is 2.70. The highest BCUT2D eigenvalue weighted by molar-refractivity contribution is 7.80. The summed E-state index contributed by atoms with van der Waals surface area (Å²) >= 11 is 4.59. The number of nitrogens with two attached hydrogens (primary N) is 1. The Labute approximate surface area is 105 Å². The number of nitrogens with one attached hydrogen (secondary N) is 2. The Balaban J connectivity index is 2.37. The van der Waals surface area contributed by atoms with Crippen LogP contribution in [0.4, 0.5) is 0 Å². The molecule has 1 aliphatic carbocycles. The van der Waals surface area contributed by atoms with Gasteiger partial charge in [0.05, 0.1) is 23.7 Å². The van der Waals surface area contributed by atoms with Gasteiger partial charge in [0, 0.05) is 7.11 Å². The first kappa shape index (κ1) is 13.9. The van der Waals surface area contributed by atoms with Crippen molar-refractivity contribution in [2.24, 2.45) is 5.73 Å². The Kier molecular flexibility index (Phi) is 5.30. The molecule has 1 fully saturated rings. The van der Waals surface area contributed by atoms with Gasteiger partial charge in [-0.25, -0.2) is 0 Å². The first-order chi connectivity index (χ1) is 8.04. The fourth-order valence-electron chi connectivity index (χ4n) is 1.85. The van der Waals surface area contributed by atoms with E-state index in [4.69, 9.17) is 10.5 Å². The fourth-order valence-corrected chi connectivity index (χ4v) is 1.93. The zero-order valence-corrected chi connectivity index (χ0v) is 10.5. The van der Waals surface area contributed by atoms with E-state index in [0.29, 0.717) is 0 Å². The normalized spacial score (nSPS) is 23.1. The smallest absolute Gasteiger partial charge is 0.309 e. The number of rotatable bonds is 4. The highest BCUT2D eigenvalue weighted by atomic mass is 32.1. The van der Waals surface area contributed by atoms with Gasteiger partial charge in [-0.05, 0) is 19.3 Å². The van der Waals surface area contributed by atoms with Crippen molar-refractivity contribution in [3.05, 3.63) is 0 Å². The third-order valence-corrected chi connectivity index (χ3v) is 2.85. The largest absolute Gasteiger partial charge is 0.392 e. The minimum atomic E-state index is -0.723.